The van der Waals surface area contributed by atoms with Crippen molar-refractivity contribution in [2.45, 2.75) is 6.04 Å². The van der Waals surface area contributed by atoms with Crippen LogP contribution >= 0.6 is 0 Å². The molecule has 1 aliphatic heterocycles. The average molecular weight is 236 g/mol. The number of nitrogens with zero attached hydrogens (tertiary/aromatic N) is 1. The molecular weight excluding hydrogens is 220 g/mol. The van der Waals surface area contributed by atoms with Gasteiger partial charge in [-0.05, 0) is 24.7 Å². The van der Waals surface area contributed by atoms with Gasteiger partial charge in [0.1, 0.15) is 5.41 Å². The Hall–Kier alpha value is -1.46. The summed E-state index contributed by atoms with van der Waals surface area (Å²) in [7, 11) is 3.23. The summed E-state index contributed by atoms with van der Waals surface area (Å²) in [6.45, 7) is 0.765. The standard InChI is InChI=1S/C12H16N2O3/c1-13-10(9-3-5-14-6-4-9)12(7-17-8-12)11(15)16-2/h3-6,10,13H,7-8H2,1-2H3. The fraction of sp³-hybridized carbons (Fsp3) is 0.500. The van der Waals surface area contributed by atoms with Crippen LogP contribution in [0.5, 0.6) is 0 Å². The fourth-order valence-corrected chi connectivity index (χ4v) is 2.25. The van der Waals surface area contributed by atoms with Gasteiger partial charge < -0.3 is 14.8 Å². The van der Waals surface area contributed by atoms with E-state index in [2.05, 4.69) is 10.3 Å². The lowest BCUT2D eigenvalue weighted by Gasteiger charge is -2.44. The molecule has 1 fully saturated rings. The van der Waals surface area contributed by atoms with E-state index in [0.29, 0.717) is 13.2 Å². The largest absolute Gasteiger partial charge is 0.468 e. The molecule has 5 nitrogen and oxygen atoms in total. The SMILES string of the molecule is CNC(c1ccncc1)C1(C(=O)OC)COC1. The summed E-state index contributed by atoms with van der Waals surface area (Å²) in [5.41, 5.74) is 0.390. The second kappa shape index (κ2) is 4.81. The minimum absolute atomic E-state index is 0.119. The fourth-order valence-electron chi connectivity index (χ4n) is 2.25. The van der Waals surface area contributed by atoms with Crippen molar-refractivity contribution in [3.8, 4) is 0 Å². The van der Waals surface area contributed by atoms with Crippen molar-refractivity contribution in [3.63, 3.8) is 0 Å². The Balaban J connectivity index is 2.31. The van der Waals surface area contributed by atoms with Crippen LogP contribution in [0.15, 0.2) is 24.5 Å². The predicted molar refractivity (Wildman–Crippen MR) is 61.3 cm³/mol. The lowest BCUT2D eigenvalue weighted by atomic mass is 9.75. The molecule has 0 aromatic carbocycles. The molecule has 1 saturated heterocycles. The Bertz CT molecular complexity index is 390. The molecule has 0 spiro atoms. The summed E-state index contributed by atoms with van der Waals surface area (Å²) in [5.74, 6) is -0.236. The van der Waals surface area contributed by atoms with E-state index in [1.54, 1.807) is 12.4 Å². The van der Waals surface area contributed by atoms with E-state index in [1.807, 2.05) is 19.2 Å². The third-order valence-electron chi connectivity index (χ3n) is 3.19. The molecule has 0 aliphatic carbocycles. The number of hydrogen-bond acceptors (Lipinski definition) is 5. The van der Waals surface area contributed by atoms with Gasteiger partial charge in [0.15, 0.2) is 0 Å². The van der Waals surface area contributed by atoms with E-state index < -0.39 is 5.41 Å². The van der Waals surface area contributed by atoms with Crippen LogP contribution < -0.4 is 5.32 Å². The van der Waals surface area contributed by atoms with Gasteiger partial charge in [-0.3, -0.25) is 9.78 Å². The van der Waals surface area contributed by atoms with E-state index in [9.17, 15) is 4.79 Å². The highest BCUT2D eigenvalue weighted by atomic mass is 16.5. The van der Waals surface area contributed by atoms with E-state index in [4.69, 9.17) is 9.47 Å². The first kappa shape index (κ1) is 12.0. The van der Waals surface area contributed by atoms with Gasteiger partial charge in [0, 0.05) is 12.4 Å². The van der Waals surface area contributed by atoms with Gasteiger partial charge in [-0.1, -0.05) is 0 Å². The zero-order valence-electron chi connectivity index (χ0n) is 9.97. The molecule has 2 heterocycles. The first-order chi connectivity index (χ1) is 8.24. The van der Waals surface area contributed by atoms with Gasteiger partial charge in [0.2, 0.25) is 0 Å². The average Bonchev–Trinajstić information content (AvgIpc) is 2.33. The second-order valence-corrected chi connectivity index (χ2v) is 4.14. The molecule has 1 unspecified atom stereocenters. The molecule has 2 rings (SSSR count). The highest BCUT2D eigenvalue weighted by Gasteiger charge is 2.53. The topological polar surface area (TPSA) is 60.5 Å². The third-order valence-corrected chi connectivity index (χ3v) is 3.19. The van der Waals surface area contributed by atoms with Gasteiger partial charge in [-0.2, -0.15) is 0 Å². The molecule has 0 bridgehead atoms. The number of aromatic nitrogens is 1. The summed E-state index contributed by atoms with van der Waals surface area (Å²) in [4.78, 5) is 15.9. The number of hydrogen-bond donors (Lipinski definition) is 1. The molecule has 1 N–H and O–H groups in total. The second-order valence-electron chi connectivity index (χ2n) is 4.14. The smallest absolute Gasteiger partial charge is 0.318 e. The Kier molecular flexibility index (Phi) is 3.40. The summed E-state index contributed by atoms with van der Waals surface area (Å²) >= 11 is 0. The van der Waals surface area contributed by atoms with Crippen molar-refractivity contribution in [2.75, 3.05) is 27.4 Å². The molecule has 0 radical (unpaired) electrons. The maximum absolute atomic E-state index is 11.9. The number of carbonyl (C=O) groups excluding carboxylic acids is 1. The van der Waals surface area contributed by atoms with Crippen molar-refractivity contribution < 1.29 is 14.3 Å². The van der Waals surface area contributed by atoms with Crippen LogP contribution in [0.1, 0.15) is 11.6 Å². The van der Waals surface area contributed by atoms with Crippen LogP contribution in [-0.2, 0) is 14.3 Å². The van der Waals surface area contributed by atoms with Gasteiger partial charge in [-0.25, -0.2) is 0 Å². The molecule has 0 amide bonds. The van der Waals surface area contributed by atoms with E-state index >= 15 is 0 Å². The maximum Gasteiger partial charge on any atom is 0.318 e. The summed E-state index contributed by atoms with van der Waals surface area (Å²) in [5, 5.41) is 3.17. The molecule has 1 aromatic rings. The lowest BCUT2D eigenvalue weighted by molar-refractivity contribution is -0.190. The normalized spacial score (nSPS) is 19.2. The van der Waals surface area contributed by atoms with Crippen molar-refractivity contribution in [1.29, 1.82) is 0 Å². The van der Waals surface area contributed by atoms with Crippen molar-refractivity contribution in [1.82, 2.24) is 10.3 Å². The van der Waals surface area contributed by atoms with Crippen molar-refractivity contribution in [3.05, 3.63) is 30.1 Å². The van der Waals surface area contributed by atoms with Crippen LogP contribution in [0, 0.1) is 5.41 Å². The molecule has 1 atom stereocenters. The van der Waals surface area contributed by atoms with E-state index in [-0.39, 0.29) is 12.0 Å². The number of carbonyl (C=O) groups is 1. The molecular formula is C12H16N2O3. The third kappa shape index (κ3) is 1.92. The van der Waals surface area contributed by atoms with Gasteiger partial charge in [-0.15, -0.1) is 0 Å². The Morgan fingerprint density at radius 1 is 1.53 bits per heavy atom. The van der Waals surface area contributed by atoms with Gasteiger partial charge in [0.05, 0.1) is 26.4 Å². The van der Waals surface area contributed by atoms with Crippen LogP contribution in [0.2, 0.25) is 0 Å². The number of methoxy groups -OCH3 is 1. The number of esters is 1. The number of rotatable bonds is 4. The minimum atomic E-state index is -0.620. The van der Waals surface area contributed by atoms with Gasteiger partial charge in [0.25, 0.3) is 0 Å². The lowest BCUT2D eigenvalue weighted by Crippen LogP contribution is -2.56. The Labute approximate surface area is 100 Å². The molecule has 92 valence electrons. The quantitative estimate of drug-likeness (QED) is 0.773. The zero-order valence-corrected chi connectivity index (χ0v) is 9.97. The van der Waals surface area contributed by atoms with Crippen LogP contribution in [0.4, 0.5) is 0 Å². The Morgan fingerprint density at radius 2 is 2.18 bits per heavy atom. The van der Waals surface area contributed by atoms with E-state index in [1.165, 1.54) is 7.11 Å². The molecule has 5 heteroatoms. The van der Waals surface area contributed by atoms with Gasteiger partial charge >= 0.3 is 5.97 Å². The first-order valence-corrected chi connectivity index (χ1v) is 5.48. The van der Waals surface area contributed by atoms with Crippen LogP contribution in [-0.4, -0.2) is 38.3 Å². The van der Waals surface area contributed by atoms with Crippen molar-refractivity contribution >= 4 is 5.97 Å². The minimum Gasteiger partial charge on any atom is -0.468 e. The predicted octanol–water partition coefficient (Wildman–Crippen LogP) is 0.532. The number of ether oxygens (including phenoxy) is 2. The molecule has 1 aromatic heterocycles. The highest BCUT2D eigenvalue weighted by Crippen LogP contribution is 2.41. The zero-order chi connectivity index (χ0) is 12.3. The number of nitrogens with one attached hydrogen (secondary N) is 1. The highest BCUT2D eigenvalue weighted by molar-refractivity contribution is 5.79. The van der Waals surface area contributed by atoms with Crippen LogP contribution in [0.3, 0.4) is 0 Å². The molecule has 17 heavy (non-hydrogen) atoms. The summed E-state index contributed by atoms with van der Waals surface area (Å²) in [6, 6.07) is 3.67. The number of pyridine rings is 1. The Morgan fingerprint density at radius 3 is 2.59 bits per heavy atom. The maximum atomic E-state index is 11.9. The monoisotopic (exact) mass is 236 g/mol. The van der Waals surface area contributed by atoms with Crippen molar-refractivity contribution in [2.24, 2.45) is 5.41 Å². The summed E-state index contributed by atoms with van der Waals surface area (Å²) < 4.78 is 10.1. The summed E-state index contributed by atoms with van der Waals surface area (Å²) in [6.07, 6.45) is 3.42. The molecule has 1 aliphatic rings. The van der Waals surface area contributed by atoms with E-state index in [0.717, 1.165) is 5.56 Å². The first-order valence-electron chi connectivity index (χ1n) is 5.48. The molecule has 0 saturated carbocycles. The van der Waals surface area contributed by atoms with Crippen LogP contribution in [0.25, 0.3) is 0 Å².